The van der Waals surface area contributed by atoms with Gasteiger partial charge in [-0.3, -0.25) is 19.4 Å². The van der Waals surface area contributed by atoms with Gasteiger partial charge in [0.15, 0.2) is 0 Å². The average molecular weight is 502 g/mol. The fourth-order valence-electron chi connectivity index (χ4n) is 5.06. The molecule has 2 amide bonds. The van der Waals surface area contributed by atoms with E-state index < -0.39 is 17.4 Å². The Morgan fingerprint density at radius 1 is 1.08 bits per heavy atom. The molecule has 1 saturated heterocycles. The minimum Gasteiger partial charge on any atom is -0.494 e. The molecule has 2 aliphatic rings. The summed E-state index contributed by atoms with van der Waals surface area (Å²) in [5.41, 5.74) is 1.67. The second kappa shape index (κ2) is 10.9. The lowest BCUT2D eigenvalue weighted by molar-refractivity contribution is -0.123. The van der Waals surface area contributed by atoms with Gasteiger partial charge in [-0.2, -0.15) is 4.98 Å². The molecule has 0 bridgehead atoms. The van der Waals surface area contributed by atoms with Gasteiger partial charge in [0, 0.05) is 25.2 Å². The van der Waals surface area contributed by atoms with E-state index in [0.717, 1.165) is 32.4 Å². The van der Waals surface area contributed by atoms with E-state index in [1.165, 1.54) is 5.56 Å². The predicted octanol–water partition coefficient (Wildman–Crippen LogP) is 3.69. The fraction of sp³-hybridized carbons (Fsp3) is 0.357. The molecule has 9 heteroatoms. The van der Waals surface area contributed by atoms with E-state index >= 15 is 0 Å². The number of hydrogen-bond acceptors (Lipinski definition) is 6. The molecule has 1 unspecified atom stereocenters. The summed E-state index contributed by atoms with van der Waals surface area (Å²) in [5, 5.41) is 5.51. The monoisotopic (exact) mass is 501 g/mol. The smallest absolute Gasteiger partial charge is 0.258 e. The van der Waals surface area contributed by atoms with Gasteiger partial charge in [0.2, 0.25) is 17.8 Å². The molecule has 1 atom stereocenters. The number of aromatic amines is 1. The van der Waals surface area contributed by atoms with Crippen LogP contribution in [0.4, 0.5) is 17.5 Å². The highest BCUT2D eigenvalue weighted by atomic mass is 16.5. The van der Waals surface area contributed by atoms with Gasteiger partial charge in [-0.25, -0.2) is 0 Å². The van der Waals surface area contributed by atoms with E-state index in [9.17, 15) is 14.4 Å². The van der Waals surface area contributed by atoms with Gasteiger partial charge < -0.3 is 20.3 Å². The number of carbonyl (C=O) groups is 2. The van der Waals surface area contributed by atoms with Crippen LogP contribution >= 0.6 is 0 Å². The molecule has 1 aromatic heterocycles. The second-order valence-electron chi connectivity index (χ2n) is 9.52. The Balaban J connectivity index is 1.29. The first-order chi connectivity index (χ1) is 18.0. The molecule has 192 valence electrons. The summed E-state index contributed by atoms with van der Waals surface area (Å²) in [6.45, 7) is 3.96. The lowest BCUT2D eigenvalue weighted by Crippen LogP contribution is -2.40. The number of nitrogens with one attached hydrogen (secondary N) is 3. The van der Waals surface area contributed by atoms with Gasteiger partial charge in [-0.15, -0.1) is 0 Å². The van der Waals surface area contributed by atoms with Crippen molar-refractivity contribution in [2.24, 2.45) is 5.92 Å². The third kappa shape index (κ3) is 5.66. The van der Waals surface area contributed by atoms with E-state index in [0.29, 0.717) is 29.9 Å². The summed E-state index contributed by atoms with van der Waals surface area (Å²) in [6.07, 6.45) is 2.87. The van der Waals surface area contributed by atoms with Crippen molar-refractivity contribution in [3.63, 3.8) is 0 Å². The fourth-order valence-corrected chi connectivity index (χ4v) is 5.06. The molecule has 5 rings (SSSR count). The van der Waals surface area contributed by atoms with Crippen molar-refractivity contribution in [3.05, 3.63) is 76.1 Å². The number of aromatic nitrogens is 2. The van der Waals surface area contributed by atoms with E-state index in [2.05, 4.69) is 44.9 Å². The van der Waals surface area contributed by atoms with Crippen molar-refractivity contribution in [1.82, 2.24) is 9.97 Å². The molecule has 9 nitrogen and oxygen atoms in total. The Bertz CT molecular complexity index is 1310. The highest BCUT2D eigenvalue weighted by Gasteiger charge is 2.35. The van der Waals surface area contributed by atoms with Crippen LogP contribution in [0.2, 0.25) is 0 Å². The zero-order chi connectivity index (χ0) is 25.8. The molecule has 0 spiro atoms. The van der Waals surface area contributed by atoms with Gasteiger partial charge in [-0.05, 0) is 61.9 Å². The first-order valence-electron chi connectivity index (χ1n) is 12.8. The number of benzene rings is 2. The molecule has 3 heterocycles. The number of hydrogen-bond donors (Lipinski definition) is 3. The van der Waals surface area contributed by atoms with Crippen LogP contribution in [0.5, 0.6) is 5.75 Å². The lowest BCUT2D eigenvalue weighted by Gasteiger charge is -2.33. The molecule has 1 fully saturated rings. The van der Waals surface area contributed by atoms with Crippen LogP contribution in [0.1, 0.15) is 43.2 Å². The number of nitrogens with zero attached hydrogens (tertiary/aromatic N) is 2. The van der Waals surface area contributed by atoms with Crippen molar-refractivity contribution in [2.45, 2.75) is 38.5 Å². The first kappa shape index (κ1) is 24.5. The SMILES string of the molecule is CCOc1ccc(NC(=O)C2CC(=O)Nc3nc(N4CCC(Cc5ccccc5)CC4)[nH]c(=O)c32)cc1. The quantitative estimate of drug-likeness (QED) is 0.455. The maximum Gasteiger partial charge on any atom is 0.258 e. The molecular weight excluding hydrogens is 470 g/mol. The zero-order valence-electron chi connectivity index (χ0n) is 20.8. The lowest BCUT2D eigenvalue weighted by atomic mass is 9.90. The van der Waals surface area contributed by atoms with Crippen molar-refractivity contribution in [1.29, 1.82) is 0 Å². The van der Waals surface area contributed by atoms with Crippen LogP contribution < -0.4 is 25.8 Å². The van der Waals surface area contributed by atoms with Crippen molar-refractivity contribution in [2.75, 3.05) is 35.2 Å². The highest BCUT2D eigenvalue weighted by molar-refractivity contribution is 6.04. The predicted molar refractivity (Wildman–Crippen MR) is 142 cm³/mol. The van der Waals surface area contributed by atoms with Crippen molar-refractivity contribution >= 4 is 29.3 Å². The minimum atomic E-state index is -0.933. The number of carbonyl (C=O) groups excluding carboxylic acids is 2. The summed E-state index contributed by atoms with van der Waals surface area (Å²) in [6, 6.07) is 17.4. The topological polar surface area (TPSA) is 116 Å². The normalized spacial score (nSPS) is 17.6. The van der Waals surface area contributed by atoms with Crippen molar-refractivity contribution < 1.29 is 14.3 Å². The van der Waals surface area contributed by atoms with E-state index in [-0.39, 0.29) is 23.7 Å². The summed E-state index contributed by atoms with van der Waals surface area (Å²) in [5.74, 6) is 0.144. The van der Waals surface area contributed by atoms with E-state index in [1.54, 1.807) is 24.3 Å². The highest BCUT2D eigenvalue weighted by Crippen LogP contribution is 2.31. The first-order valence-corrected chi connectivity index (χ1v) is 12.8. The zero-order valence-corrected chi connectivity index (χ0v) is 20.8. The van der Waals surface area contributed by atoms with Crippen LogP contribution in [-0.4, -0.2) is 41.5 Å². The Kier molecular flexibility index (Phi) is 7.20. The molecule has 2 aliphatic heterocycles. The largest absolute Gasteiger partial charge is 0.494 e. The molecule has 0 aliphatic carbocycles. The van der Waals surface area contributed by atoms with E-state index in [1.807, 2.05) is 17.9 Å². The number of anilines is 3. The van der Waals surface area contributed by atoms with Crippen LogP contribution in [0.3, 0.4) is 0 Å². The summed E-state index contributed by atoms with van der Waals surface area (Å²) in [7, 11) is 0. The summed E-state index contributed by atoms with van der Waals surface area (Å²) < 4.78 is 5.43. The maximum atomic E-state index is 13.2. The van der Waals surface area contributed by atoms with Gasteiger partial charge in [0.05, 0.1) is 18.1 Å². The number of H-pyrrole nitrogens is 1. The second-order valence-corrected chi connectivity index (χ2v) is 9.52. The Labute approximate surface area is 215 Å². The molecule has 0 saturated carbocycles. The Morgan fingerprint density at radius 2 is 1.81 bits per heavy atom. The maximum absolute atomic E-state index is 13.2. The molecule has 0 radical (unpaired) electrons. The third-order valence-corrected chi connectivity index (χ3v) is 6.97. The van der Waals surface area contributed by atoms with Crippen LogP contribution in [-0.2, 0) is 16.0 Å². The van der Waals surface area contributed by atoms with Gasteiger partial charge in [0.25, 0.3) is 5.56 Å². The van der Waals surface area contributed by atoms with Crippen LogP contribution in [0, 0.1) is 5.92 Å². The number of fused-ring (bicyclic) bond motifs is 1. The number of rotatable bonds is 7. The van der Waals surface area contributed by atoms with Crippen molar-refractivity contribution in [3.8, 4) is 5.75 Å². The van der Waals surface area contributed by atoms with E-state index in [4.69, 9.17) is 4.74 Å². The average Bonchev–Trinajstić information content (AvgIpc) is 2.90. The molecule has 37 heavy (non-hydrogen) atoms. The summed E-state index contributed by atoms with van der Waals surface area (Å²) in [4.78, 5) is 48.2. The number of ether oxygens (including phenoxy) is 1. The number of amides is 2. The molecule has 2 aromatic carbocycles. The Morgan fingerprint density at radius 3 is 2.51 bits per heavy atom. The summed E-state index contributed by atoms with van der Waals surface area (Å²) >= 11 is 0. The van der Waals surface area contributed by atoms with Gasteiger partial charge in [-0.1, -0.05) is 30.3 Å². The molecule has 3 aromatic rings. The van der Waals surface area contributed by atoms with Crippen LogP contribution in [0.15, 0.2) is 59.4 Å². The number of piperidine rings is 1. The molecular formula is C28H31N5O4. The Hall–Kier alpha value is -4.14. The van der Waals surface area contributed by atoms with Gasteiger partial charge in [0.1, 0.15) is 11.6 Å². The van der Waals surface area contributed by atoms with Crippen LogP contribution in [0.25, 0.3) is 0 Å². The molecule has 3 N–H and O–H groups in total. The minimum absolute atomic E-state index is 0.120. The third-order valence-electron chi connectivity index (χ3n) is 6.97. The van der Waals surface area contributed by atoms with Gasteiger partial charge >= 0.3 is 0 Å². The standard InChI is InChI=1S/C28H31N5O4/c1-2-37-21-10-8-20(9-11-21)29-26(35)22-17-23(34)30-25-24(22)27(36)32-28(31-25)33-14-12-19(13-15-33)16-18-6-4-3-5-7-18/h3-11,19,22H,2,12-17H2,1H3,(H,29,35)(H2,30,31,32,34,36).